The molecule has 0 bridgehead atoms. The third kappa shape index (κ3) is 2.99. The van der Waals surface area contributed by atoms with Crippen LogP contribution in [0.1, 0.15) is 48.1 Å². The SMILES string of the molecule is CCC(C)(C)c1sc(=NC(=O)c2ccccc2O)n(C)c1C. The summed E-state index contributed by atoms with van der Waals surface area (Å²) in [6.45, 7) is 8.59. The fraction of sp³-hybridized carbons (Fsp3) is 0.412. The highest BCUT2D eigenvalue weighted by Gasteiger charge is 2.24. The van der Waals surface area contributed by atoms with Crippen LogP contribution in [-0.4, -0.2) is 15.6 Å². The van der Waals surface area contributed by atoms with Crippen LogP contribution in [-0.2, 0) is 12.5 Å². The van der Waals surface area contributed by atoms with Crippen LogP contribution in [0.25, 0.3) is 0 Å². The number of thiazole rings is 1. The topological polar surface area (TPSA) is 54.6 Å². The minimum absolute atomic E-state index is 0.0405. The number of hydrogen-bond acceptors (Lipinski definition) is 3. The second-order valence-electron chi connectivity index (χ2n) is 6.03. The highest BCUT2D eigenvalue weighted by Crippen LogP contribution is 2.31. The van der Waals surface area contributed by atoms with Crippen LogP contribution in [0.15, 0.2) is 29.3 Å². The maximum absolute atomic E-state index is 12.3. The van der Waals surface area contributed by atoms with Gasteiger partial charge in [-0.25, -0.2) is 0 Å². The van der Waals surface area contributed by atoms with E-state index >= 15 is 0 Å². The quantitative estimate of drug-likeness (QED) is 0.941. The van der Waals surface area contributed by atoms with E-state index in [9.17, 15) is 9.90 Å². The third-order valence-electron chi connectivity index (χ3n) is 4.14. The Labute approximate surface area is 134 Å². The van der Waals surface area contributed by atoms with Gasteiger partial charge in [0.05, 0.1) is 5.56 Å². The van der Waals surface area contributed by atoms with Gasteiger partial charge in [-0.2, -0.15) is 4.99 Å². The van der Waals surface area contributed by atoms with E-state index in [1.165, 1.54) is 10.9 Å². The molecule has 0 spiro atoms. The number of hydrogen-bond donors (Lipinski definition) is 1. The zero-order valence-corrected chi connectivity index (χ0v) is 14.5. The smallest absolute Gasteiger partial charge is 0.283 e. The molecular formula is C17H22N2O2S. The average Bonchev–Trinajstić information content (AvgIpc) is 2.76. The Hall–Kier alpha value is -1.88. The molecule has 0 unspecified atom stereocenters. The van der Waals surface area contributed by atoms with Crippen LogP contribution in [0.3, 0.4) is 0 Å². The van der Waals surface area contributed by atoms with Crippen molar-refractivity contribution in [1.29, 1.82) is 0 Å². The number of carbonyl (C=O) groups is 1. The number of aromatic nitrogens is 1. The predicted octanol–water partition coefficient (Wildman–Crippen LogP) is 3.53. The molecule has 0 atom stereocenters. The molecule has 0 aliphatic rings. The van der Waals surface area contributed by atoms with Crippen molar-refractivity contribution in [3.8, 4) is 5.75 Å². The van der Waals surface area contributed by atoms with Crippen molar-refractivity contribution in [1.82, 2.24) is 4.57 Å². The highest BCUT2D eigenvalue weighted by atomic mass is 32.1. The van der Waals surface area contributed by atoms with E-state index in [1.807, 2.05) is 18.5 Å². The van der Waals surface area contributed by atoms with Crippen LogP contribution >= 0.6 is 11.3 Å². The van der Waals surface area contributed by atoms with E-state index in [0.29, 0.717) is 4.80 Å². The lowest BCUT2D eigenvalue weighted by molar-refractivity contribution is 0.0995. The second kappa shape index (κ2) is 6.08. The first-order valence-corrected chi connectivity index (χ1v) is 8.13. The highest BCUT2D eigenvalue weighted by molar-refractivity contribution is 7.09. The lowest BCUT2D eigenvalue weighted by Gasteiger charge is -2.21. The molecule has 0 fully saturated rings. The average molecular weight is 318 g/mol. The molecule has 1 heterocycles. The van der Waals surface area contributed by atoms with Crippen LogP contribution in [0.2, 0.25) is 0 Å². The molecule has 0 aliphatic heterocycles. The summed E-state index contributed by atoms with van der Waals surface area (Å²) in [5, 5.41) is 9.77. The normalized spacial score (nSPS) is 12.7. The second-order valence-corrected chi connectivity index (χ2v) is 7.01. The van der Waals surface area contributed by atoms with Crippen LogP contribution < -0.4 is 4.80 Å². The van der Waals surface area contributed by atoms with Gasteiger partial charge in [-0.1, -0.05) is 32.9 Å². The number of phenols is 1. The largest absolute Gasteiger partial charge is 0.507 e. The van der Waals surface area contributed by atoms with E-state index in [1.54, 1.807) is 29.5 Å². The van der Waals surface area contributed by atoms with E-state index in [2.05, 4.69) is 25.8 Å². The molecule has 118 valence electrons. The molecule has 2 rings (SSSR count). The molecule has 22 heavy (non-hydrogen) atoms. The number of carbonyl (C=O) groups excluding carboxylic acids is 1. The first-order chi connectivity index (χ1) is 10.3. The standard InChI is InChI=1S/C17H22N2O2S/c1-6-17(3,4)14-11(2)19(5)16(22-14)18-15(21)12-9-7-8-10-13(12)20/h7-10,20H,6H2,1-5H3. The molecule has 1 amide bonds. The molecule has 0 saturated heterocycles. The Bertz CT molecular complexity index is 769. The first-order valence-electron chi connectivity index (χ1n) is 7.32. The molecular weight excluding hydrogens is 296 g/mol. The number of para-hydroxylation sites is 1. The summed E-state index contributed by atoms with van der Waals surface area (Å²) >= 11 is 1.54. The summed E-state index contributed by atoms with van der Waals surface area (Å²) in [6.07, 6.45) is 1.02. The van der Waals surface area contributed by atoms with E-state index in [-0.39, 0.29) is 16.7 Å². The molecule has 0 aliphatic carbocycles. The summed E-state index contributed by atoms with van der Waals surface area (Å²) in [4.78, 5) is 18.4. The Balaban J connectivity index is 2.52. The van der Waals surface area contributed by atoms with Gasteiger partial charge < -0.3 is 9.67 Å². The van der Waals surface area contributed by atoms with Gasteiger partial charge in [0.2, 0.25) is 0 Å². The number of aromatic hydroxyl groups is 1. The monoisotopic (exact) mass is 318 g/mol. The molecule has 5 heteroatoms. The maximum atomic E-state index is 12.3. The van der Waals surface area contributed by atoms with Gasteiger partial charge in [-0.05, 0) is 25.5 Å². The predicted molar refractivity (Wildman–Crippen MR) is 89.3 cm³/mol. The van der Waals surface area contributed by atoms with Crippen molar-refractivity contribution in [2.75, 3.05) is 0 Å². The van der Waals surface area contributed by atoms with Crippen molar-refractivity contribution in [3.63, 3.8) is 0 Å². The maximum Gasteiger partial charge on any atom is 0.283 e. The van der Waals surface area contributed by atoms with E-state index in [0.717, 1.165) is 12.1 Å². The minimum atomic E-state index is -0.421. The summed E-state index contributed by atoms with van der Waals surface area (Å²) in [6, 6.07) is 6.48. The summed E-state index contributed by atoms with van der Waals surface area (Å²) in [5.41, 5.74) is 1.41. The fourth-order valence-electron chi connectivity index (χ4n) is 2.22. The van der Waals surface area contributed by atoms with Crippen LogP contribution in [0.4, 0.5) is 0 Å². The Kier molecular flexibility index (Phi) is 4.56. The van der Waals surface area contributed by atoms with E-state index in [4.69, 9.17) is 0 Å². The molecule has 4 nitrogen and oxygen atoms in total. The van der Waals surface area contributed by atoms with Gasteiger partial charge in [0, 0.05) is 23.0 Å². The molecule has 1 aromatic carbocycles. The number of nitrogens with zero attached hydrogens (tertiary/aromatic N) is 2. The van der Waals surface area contributed by atoms with Gasteiger partial charge in [0.15, 0.2) is 4.80 Å². The Morgan fingerprint density at radius 3 is 2.59 bits per heavy atom. The number of rotatable bonds is 3. The molecule has 0 saturated carbocycles. The zero-order chi connectivity index (χ0) is 16.5. The lowest BCUT2D eigenvalue weighted by atomic mass is 9.87. The van der Waals surface area contributed by atoms with Crippen molar-refractivity contribution in [3.05, 3.63) is 45.2 Å². The fourth-order valence-corrected chi connectivity index (χ4v) is 3.51. The van der Waals surface area contributed by atoms with Gasteiger partial charge in [-0.3, -0.25) is 4.79 Å². The van der Waals surface area contributed by atoms with Gasteiger partial charge in [0.25, 0.3) is 5.91 Å². The van der Waals surface area contributed by atoms with E-state index < -0.39 is 5.91 Å². The zero-order valence-electron chi connectivity index (χ0n) is 13.7. The van der Waals surface area contributed by atoms with Gasteiger partial charge >= 0.3 is 0 Å². The first kappa shape index (κ1) is 16.5. The van der Waals surface area contributed by atoms with Crippen molar-refractivity contribution >= 4 is 17.2 Å². The number of benzene rings is 1. The third-order valence-corrected chi connectivity index (χ3v) is 5.74. The minimum Gasteiger partial charge on any atom is -0.507 e. The Morgan fingerprint density at radius 2 is 2.00 bits per heavy atom. The number of phenolic OH excluding ortho intramolecular Hbond substituents is 1. The molecule has 2 aromatic rings. The lowest BCUT2D eigenvalue weighted by Crippen LogP contribution is -2.16. The van der Waals surface area contributed by atoms with Crippen molar-refractivity contribution < 1.29 is 9.90 Å². The molecule has 0 radical (unpaired) electrons. The molecule has 1 aromatic heterocycles. The van der Waals surface area contributed by atoms with Crippen LogP contribution in [0, 0.1) is 6.92 Å². The van der Waals surface area contributed by atoms with Crippen LogP contribution in [0.5, 0.6) is 5.75 Å². The van der Waals surface area contributed by atoms with Crippen molar-refractivity contribution in [2.45, 2.75) is 39.5 Å². The van der Waals surface area contributed by atoms with Gasteiger partial charge in [-0.15, -0.1) is 11.3 Å². The summed E-state index contributed by atoms with van der Waals surface area (Å²) in [7, 11) is 1.91. The molecule has 1 N–H and O–H groups in total. The van der Waals surface area contributed by atoms with Gasteiger partial charge in [0.1, 0.15) is 5.75 Å². The Morgan fingerprint density at radius 1 is 1.36 bits per heavy atom. The summed E-state index contributed by atoms with van der Waals surface area (Å²) < 4.78 is 1.94. The van der Waals surface area contributed by atoms with Crippen molar-refractivity contribution in [2.24, 2.45) is 12.0 Å². The number of amides is 1. The summed E-state index contributed by atoms with van der Waals surface area (Å²) in [5.74, 6) is -0.461.